The van der Waals surface area contributed by atoms with Gasteiger partial charge in [-0.25, -0.2) is 5.43 Å². The maximum Gasteiger partial charge on any atom is 0.271 e. The van der Waals surface area contributed by atoms with Crippen molar-refractivity contribution >= 4 is 11.6 Å². The molecule has 0 radical (unpaired) electrons. The Labute approximate surface area is 133 Å². The molecular weight excluding hydrogens is 292 g/mol. The largest absolute Gasteiger partial charge is 0.454 e. The third kappa shape index (κ3) is 2.65. The molecule has 23 heavy (non-hydrogen) atoms. The quantitative estimate of drug-likeness (QED) is 0.868. The molecule has 0 unspecified atom stereocenters. The Hall–Kier alpha value is -2.82. The second kappa shape index (κ2) is 5.76. The van der Waals surface area contributed by atoms with Crippen LogP contribution in [0.15, 0.2) is 47.6 Å². The molecule has 2 aromatic carbocycles. The fourth-order valence-electron chi connectivity index (χ4n) is 2.94. The minimum Gasteiger partial charge on any atom is -0.454 e. The Morgan fingerprint density at radius 2 is 1.91 bits per heavy atom. The summed E-state index contributed by atoms with van der Waals surface area (Å²) in [6.07, 6.45) is 2.99. The van der Waals surface area contributed by atoms with Crippen molar-refractivity contribution in [2.45, 2.75) is 19.3 Å². The summed E-state index contributed by atoms with van der Waals surface area (Å²) in [5, 5.41) is 4.34. The number of carbonyl (C=O) groups is 1. The van der Waals surface area contributed by atoms with Gasteiger partial charge in [-0.15, -0.1) is 0 Å². The SMILES string of the molecule is O=C(N/N=C1/CCCc2ccccc21)c1ccc2c(c1)OCO2. The van der Waals surface area contributed by atoms with Gasteiger partial charge in [0.15, 0.2) is 11.5 Å². The maximum absolute atomic E-state index is 12.3. The summed E-state index contributed by atoms with van der Waals surface area (Å²) >= 11 is 0. The normalized spacial score (nSPS) is 17.0. The number of rotatable bonds is 2. The molecule has 5 nitrogen and oxygen atoms in total. The zero-order chi connectivity index (χ0) is 15.6. The Bertz CT molecular complexity index is 799. The van der Waals surface area contributed by atoms with Crippen LogP contribution in [0.25, 0.3) is 0 Å². The minimum absolute atomic E-state index is 0.194. The van der Waals surface area contributed by atoms with Gasteiger partial charge in [-0.05, 0) is 43.0 Å². The van der Waals surface area contributed by atoms with Crippen molar-refractivity contribution in [1.29, 1.82) is 0 Å². The molecule has 2 aromatic rings. The Kier molecular flexibility index (Phi) is 3.46. The average molecular weight is 308 g/mol. The number of amides is 1. The van der Waals surface area contributed by atoms with Crippen molar-refractivity contribution < 1.29 is 14.3 Å². The number of hydrogen-bond acceptors (Lipinski definition) is 4. The van der Waals surface area contributed by atoms with E-state index in [1.807, 2.05) is 12.1 Å². The molecule has 2 aliphatic rings. The summed E-state index contributed by atoms with van der Waals surface area (Å²) in [5.74, 6) is 1.00. The lowest BCUT2D eigenvalue weighted by molar-refractivity contribution is 0.0954. The fraction of sp³-hybridized carbons (Fsp3) is 0.222. The van der Waals surface area contributed by atoms with Crippen molar-refractivity contribution in [2.75, 3.05) is 6.79 Å². The molecule has 1 amide bonds. The first-order valence-corrected chi connectivity index (χ1v) is 7.66. The van der Waals surface area contributed by atoms with E-state index in [-0.39, 0.29) is 12.7 Å². The van der Waals surface area contributed by atoms with Crippen LogP contribution in [0.4, 0.5) is 0 Å². The summed E-state index contributed by atoms with van der Waals surface area (Å²) < 4.78 is 10.5. The summed E-state index contributed by atoms with van der Waals surface area (Å²) in [5.41, 5.74) is 6.50. The van der Waals surface area contributed by atoms with E-state index in [0.717, 1.165) is 30.5 Å². The molecular formula is C18H16N2O3. The number of benzene rings is 2. The van der Waals surface area contributed by atoms with Crippen LogP contribution in [0.2, 0.25) is 0 Å². The molecule has 0 spiro atoms. The number of aryl methyl sites for hydroxylation is 1. The highest BCUT2D eigenvalue weighted by atomic mass is 16.7. The van der Waals surface area contributed by atoms with Crippen molar-refractivity contribution in [1.82, 2.24) is 5.43 Å². The standard InChI is InChI=1S/C18H16N2O3/c21-18(13-8-9-16-17(10-13)23-11-22-16)20-19-15-7-3-5-12-4-1-2-6-14(12)15/h1-2,4,6,8-10H,3,5,7,11H2,(H,20,21)/b19-15-. The molecule has 116 valence electrons. The van der Waals surface area contributed by atoms with Gasteiger partial charge in [-0.1, -0.05) is 24.3 Å². The van der Waals surface area contributed by atoms with Crippen molar-refractivity contribution in [3.8, 4) is 11.5 Å². The molecule has 1 aliphatic carbocycles. The third-order valence-corrected chi connectivity index (χ3v) is 4.12. The Balaban J connectivity index is 1.54. The predicted molar refractivity (Wildman–Crippen MR) is 85.9 cm³/mol. The van der Waals surface area contributed by atoms with Gasteiger partial charge in [0.2, 0.25) is 6.79 Å². The van der Waals surface area contributed by atoms with Crippen molar-refractivity contribution in [3.63, 3.8) is 0 Å². The van der Waals surface area contributed by atoms with Gasteiger partial charge in [-0.3, -0.25) is 4.79 Å². The number of nitrogens with zero attached hydrogens (tertiary/aromatic N) is 1. The highest BCUT2D eigenvalue weighted by Crippen LogP contribution is 2.32. The van der Waals surface area contributed by atoms with Gasteiger partial charge in [0.05, 0.1) is 5.71 Å². The molecule has 0 atom stereocenters. The number of carbonyl (C=O) groups excluding carboxylic acids is 1. The highest BCUT2D eigenvalue weighted by Gasteiger charge is 2.17. The van der Waals surface area contributed by atoms with Gasteiger partial charge in [0.25, 0.3) is 5.91 Å². The van der Waals surface area contributed by atoms with Crippen LogP contribution in [0.3, 0.4) is 0 Å². The van der Waals surface area contributed by atoms with E-state index < -0.39 is 0 Å². The zero-order valence-electron chi connectivity index (χ0n) is 12.5. The molecule has 1 heterocycles. The second-order valence-corrected chi connectivity index (χ2v) is 5.58. The summed E-state index contributed by atoms with van der Waals surface area (Å²) in [6, 6.07) is 13.3. The zero-order valence-corrected chi connectivity index (χ0v) is 12.5. The van der Waals surface area contributed by atoms with Crippen LogP contribution in [-0.4, -0.2) is 18.4 Å². The highest BCUT2D eigenvalue weighted by molar-refractivity contribution is 6.04. The van der Waals surface area contributed by atoms with Crippen LogP contribution >= 0.6 is 0 Å². The van der Waals surface area contributed by atoms with E-state index in [2.05, 4.69) is 22.7 Å². The van der Waals surface area contributed by atoms with Crippen LogP contribution in [-0.2, 0) is 6.42 Å². The van der Waals surface area contributed by atoms with E-state index in [0.29, 0.717) is 17.1 Å². The van der Waals surface area contributed by atoms with Crippen LogP contribution in [0, 0.1) is 0 Å². The van der Waals surface area contributed by atoms with E-state index in [1.165, 1.54) is 5.56 Å². The van der Waals surface area contributed by atoms with Gasteiger partial charge in [-0.2, -0.15) is 5.10 Å². The number of hydrazone groups is 1. The third-order valence-electron chi connectivity index (χ3n) is 4.12. The van der Waals surface area contributed by atoms with Gasteiger partial charge in [0.1, 0.15) is 0 Å². The number of hydrogen-bond donors (Lipinski definition) is 1. The fourth-order valence-corrected chi connectivity index (χ4v) is 2.94. The second-order valence-electron chi connectivity index (χ2n) is 5.58. The van der Waals surface area contributed by atoms with Crippen LogP contribution in [0.1, 0.15) is 34.3 Å². The van der Waals surface area contributed by atoms with E-state index in [9.17, 15) is 4.79 Å². The number of nitrogens with one attached hydrogen (secondary N) is 1. The Morgan fingerprint density at radius 3 is 2.87 bits per heavy atom. The molecule has 1 aliphatic heterocycles. The summed E-state index contributed by atoms with van der Waals surface area (Å²) in [4.78, 5) is 12.3. The average Bonchev–Trinajstić information content (AvgIpc) is 3.07. The van der Waals surface area contributed by atoms with Gasteiger partial charge in [0, 0.05) is 11.1 Å². The predicted octanol–water partition coefficient (Wildman–Crippen LogP) is 2.89. The molecule has 1 N–H and O–H groups in total. The van der Waals surface area contributed by atoms with E-state index >= 15 is 0 Å². The lowest BCUT2D eigenvalue weighted by Crippen LogP contribution is -2.22. The summed E-state index contributed by atoms with van der Waals surface area (Å²) in [6.45, 7) is 0.194. The van der Waals surface area contributed by atoms with Crippen molar-refractivity contribution in [3.05, 3.63) is 59.2 Å². The first-order valence-electron chi connectivity index (χ1n) is 7.66. The molecule has 5 heteroatoms. The number of ether oxygens (including phenoxy) is 2. The first-order chi connectivity index (χ1) is 11.3. The first kappa shape index (κ1) is 13.8. The van der Waals surface area contributed by atoms with Crippen LogP contribution < -0.4 is 14.9 Å². The minimum atomic E-state index is -0.251. The van der Waals surface area contributed by atoms with E-state index in [1.54, 1.807) is 18.2 Å². The molecule has 0 bridgehead atoms. The maximum atomic E-state index is 12.3. The van der Waals surface area contributed by atoms with Gasteiger partial charge < -0.3 is 9.47 Å². The molecule has 0 aromatic heterocycles. The summed E-state index contributed by atoms with van der Waals surface area (Å²) in [7, 11) is 0. The lowest BCUT2D eigenvalue weighted by Gasteiger charge is -2.17. The topological polar surface area (TPSA) is 59.9 Å². The van der Waals surface area contributed by atoms with Crippen LogP contribution in [0.5, 0.6) is 11.5 Å². The van der Waals surface area contributed by atoms with E-state index in [4.69, 9.17) is 9.47 Å². The number of fused-ring (bicyclic) bond motifs is 2. The van der Waals surface area contributed by atoms with Crippen molar-refractivity contribution in [2.24, 2.45) is 5.10 Å². The molecule has 0 saturated heterocycles. The molecule has 4 rings (SSSR count). The Morgan fingerprint density at radius 1 is 1.04 bits per heavy atom. The van der Waals surface area contributed by atoms with Gasteiger partial charge >= 0.3 is 0 Å². The smallest absolute Gasteiger partial charge is 0.271 e. The lowest BCUT2D eigenvalue weighted by atomic mass is 9.90. The molecule has 0 fully saturated rings. The molecule has 0 saturated carbocycles. The monoisotopic (exact) mass is 308 g/mol.